The predicted octanol–water partition coefficient (Wildman–Crippen LogP) is 0.198. The molecule has 2 aromatic rings. The van der Waals surface area contributed by atoms with E-state index in [0.29, 0.717) is 5.69 Å². The Morgan fingerprint density at radius 1 is 1.35 bits per heavy atom. The van der Waals surface area contributed by atoms with E-state index in [-0.39, 0.29) is 10.7 Å². The van der Waals surface area contributed by atoms with E-state index in [1.165, 1.54) is 29.2 Å². The predicted molar refractivity (Wildman–Crippen MR) is 62.7 cm³/mol. The van der Waals surface area contributed by atoms with Gasteiger partial charge in [0.25, 0.3) is 10.0 Å². The number of aryl methyl sites for hydroxylation is 1. The third kappa shape index (κ3) is 2.53. The van der Waals surface area contributed by atoms with Crippen LogP contribution in [0.5, 0.6) is 0 Å². The molecule has 0 atom stereocenters. The average molecular weight is 253 g/mol. The summed E-state index contributed by atoms with van der Waals surface area (Å²) in [6.07, 6.45) is 4.18. The fraction of sp³-hybridized carbons (Fsp3) is 0.111. The second-order valence-corrected chi connectivity index (χ2v) is 5.11. The Kier molecular flexibility index (Phi) is 2.72. The number of aromatic nitrogens is 3. The zero-order valence-electron chi connectivity index (χ0n) is 9.03. The Bertz CT molecular complexity index is 617. The lowest BCUT2D eigenvalue weighted by atomic mass is 10.5. The molecule has 0 aromatic carbocycles. The summed E-state index contributed by atoms with van der Waals surface area (Å²) in [4.78, 5) is 3.78. The number of nitrogen functional groups attached to an aromatic ring is 1. The Hall–Kier alpha value is -2.09. The highest BCUT2D eigenvalue weighted by Crippen LogP contribution is 2.14. The van der Waals surface area contributed by atoms with E-state index >= 15 is 0 Å². The molecule has 2 rings (SSSR count). The quantitative estimate of drug-likeness (QED) is 0.813. The SMILES string of the molecule is Cn1cc(NS(=O)(=O)c2ccc(N)nc2)cn1. The van der Waals surface area contributed by atoms with Crippen LogP contribution in [0.4, 0.5) is 11.5 Å². The molecule has 0 saturated heterocycles. The van der Waals surface area contributed by atoms with E-state index in [9.17, 15) is 8.42 Å². The number of nitrogens with zero attached hydrogens (tertiary/aromatic N) is 3. The molecule has 2 heterocycles. The fourth-order valence-corrected chi connectivity index (χ4v) is 2.21. The van der Waals surface area contributed by atoms with Gasteiger partial charge < -0.3 is 5.73 Å². The first-order valence-electron chi connectivity index (χ1n) is 4.70. The fourth-order valence-electron chi connectivity index (χ4n) is 1.24. The molecule has 7 nitrogen and oxygen atoms in total. The van der Waals surface area contributed by atoms with E-state index in [0.717, 1.165) is 0 Å². The molecule has 0 spiro atoms. The molecule has 0 aliphatic heterocycles. The van der Waals surface area contributed by atoms with Crippen molar-refractivity contribution < 1.29 is 8.42 Å². The van der Waals surface area contributed by atoms with Gasteiger partial charge >= 0.3 is 0 Å². The van der Waals surface area contributed by atoms with Crippen molar-refractivity contribution in [1.82, 2.24) is 14.8 Å². The largest absolute Gasteiger partial charge is 0.384 e. The third-order valence-corrected chi connectivity index (χ3v) is 3.39. The van der Waals surface area contributed by atoms with Gasteiger partial charge in [0.05, 0.1) is 11.9 Å². The monoisotopic (exact) mass is 253 g/mol. The molecule has 0 radical (unpaired) electrons. The maximum Gasteiger partial charge on any atom is 0.263 e. The molecule has 8 heteroatoms. The lowest BCUT2D eigenvalue weighted by Gasteiger charge is -2.05. The highest BCUT2D eigenvalue weighted by molar-refractivity contribution is 7.92. The van der Waals surface area contributed by atoms with Crippen molar-refractivity contribution in [2.24, 2.45) is 7.05 Å². The van der Waals surface area contributed by atoms with Gasteiger partial charge in [0.2, 0.25) is 0 Å². The van der Waals surface area contributed by atoms with Crippen LogP contribution >= 0.6 is 0 Å². The third-order valence-electron chi connectivity index (χ3n) is 2.03. The number of pyridine rings is 1. The molecule has 0 saturated carbocycles. The summed E-state index contributed by atoms with van der Waals surface area (Å²) in [6, 6.07) is 2.82. The first kappa shape index (κ1) is 11.4. The first-order valence-corrected chi connectivity index (χ1v) is 6.19. The Labute approximate surface area is 98.3 Å². The van der Waals surface area contributed by atoms with Crippen LogP contribution in [0.2, 0.25) is 0 Å². The van der Waals surface area contributed by atoms with Crippen LogP contribution in [0.3, 0.4) is 0 Å². The summed E-state index contributed by atoms with van der Waals surface area (Å²) < 4.78 is 27.7. The summed E-state index contributed by atoms with van der Waals surface area (Å²) in [5.74, 6) is 0.269. The Morgan fingerprint density at radius 3 is 2.65 bits per heavy atom. The van der Waals surface area contributed by atoms with Gasteiger partial charge in [-0.25, -0.2) is 13.4 Å². The van der Waals surface area contributed by atoms with E-state index in [2.05, 4.69) is 14.8 Å². The van der Waals surface area contributed by atoms with Crippen molar-refractivity contribution in [3.05, 3.63) is 30.7 Å². The number of hydrogen-bond acceptors (Lipinski definition) is 5. The highest BCUT2D eigenvalue weighted by atomic mass is 32.2. The molecule has 0 amide bonds. The van der Waals surface area contributed by atoms with Gasteiger partial charge in [0.15, 0.2) is 0 Å². The van der Waals surface area contributed by atoms with Crippen molar-refractivity contribution in [3.63, 3.8) is 0 Å². The number of rotatable bonds is 3. The summed E-state index contributed by atoms with van der Waals surface area (Å²) in [5.41, 5.74) is 5.78. The van der Waals surface area contributed by atoms with E-state index in [1.807, 2.05) is 0 Å². The van der Waals surface area contributed by atoms with Crippen molar-refractivity contribution in [1.29, 1.82) is 0 Å². The van der Waals surface area contributed by atoms with Crippen LogP contribution in [-0.2, 0) is 17.1 Å². The maximum absolute atomic E-state index is 11.9. The van der Waals surface area contributed by atoms with Gasteiger partial charge in [-0.3, -0.25) is 9.40 Å². The standard InChI is InChI=1S/C9H11N5O2S/c1-14-6-7(4-12-14)13-17(15,16)8-2-3-9(10)11-5-8/h2-6,13H,1H3,(H2,10,11). The van der Waals surface area contributed by atoms with Gasteiger partial charge in [-0.2, -0.15) is 5.10 Å². The lowest BCUT2D eigenvalue weighted by Crippen LogP contribution is -2.13. The molecule has 0 unspecified atom stereocenters. The molecule has 17 heavy (non-hydrogen) atoms. The molecular formula is C9H11N5O2S. The lowest BCUT2D eigenvalue weighted by molar-refractivity contribution is 0.601. The molecule has 0 aliphatic rings. The van der Waals surface area contributed by atoms with Crippen LogP contribution < -0.4 is 10.5 Å². The second kappa shape index (κ2) is 4.06. The van der Waals surface area contributed by atoms with Gasteiger partial charge in [0.1, 0.15) is 10.7 Å². The van der Waals surface area contributed by atoms with Crippen molar-refractivity contribution in [2.75, 3.05) is 10.5 Å². The van der Waals surface area contributed by atoms with Gasteiger partial charge in [-0.15, -0.1) is 0 Å². The first-order chi connectivity index (χ1) is 7.97. The van der Waals surface area contributed by atoms with Crippen LogP contribution in [0.15, 0.2) is 35.6 Å². The summed E-state index contributed by atoms with van der Waals surface area (Å²) in [5, 5.41) is 3.86. The summed E-state index contributed by atoms with van der Waals surface area (Å²) in [6.45, 7) is 0. The van der Waals surface area contributed by atoms with E-state index in [4.69, 9.17) is 5.73 Å². The molecular weight excluding hydrogens is 242 g/mol. The number of hydrogen-bond donors (Lipinski definition) is 2. The smallest absolute Gasteiger partial charge is 0.263 e. The number of anilines is 2. The van der Waals surface area contributed by atoms with E-state index < -0.39 is 10.0 Å². The Morgan fingerprint density at radius 2 is 2.12 bits per heavy atom. The molecule has 3 N–H and O–H groups in total. The topological polar surface area (TPSA) is 103 Å². The zero-order chi connectivity index (χ0) is 12.5. The van der Waals surface area contributed by atoms with Gasteiger partial charge in [-0.05, 0) is 12.1 Å². The summed E-state index contributed by atoms with van der Waals surface area (Å²) >= 11 is 0. The minimum absolute atomic E-state index is 0.0514. The van der Waals surface area contributed by atoms with Crippen molar-refractivity contribution >= 4 is 21.5 Å². The number of nitrogens with one attached hydrogen (secondary N) is 1. The number of sulfonamides is 1. The van der Waals surface area contributed by atoms with Crippen molar-refractivity contribution in [3.8, 4) is 0 Å². The maximum atomic E-state index is 11.9. The van der Waals surface area contributed by atoms with Crippen LogP contribution in [-0.4, -0.2) is 23.2 Å². The number of nitrogens with two attached hydrogens (primary N) is 1. The molecule has 90 valence electrons. The van der Waals surface area contributed by atoms with Crippen LogP contribution in [0, 0.1) is 0 Å². The van der Waals surface area contributed by atoms with Crippen molar-refractivity contribution in [2.45, 2.75) is 4.90 Å². The second-order valence-electron chi connectivity index (χ2n) is 3.43. The van der Waals surface area contributed by atoms with Crippen LogP contribution in [0.1, 0.15) is 0 Å². The molecule has 0 fully saturated rings. The zero-order valence-corrected chi connectivity index (χ0v) is 9.85. The van der Waals surface area contributed by atoms with Crippen LogP contribution in [0.25, 0.3) is 0 Å². The highest BCUT2D eigenvalue weighted by Gasteiger charge is 2.15. The molecule has 0 aliphatic carbocycles. The normalized spacial score (nSPS) is 11.4. The minimum atomic E-state index is -3.64. The van der Waals surface area contributed by atoms with E-state index in [1.54, 1.807) is 13.2 Å². The summed E-state index contributed by atoms with van der Waals surface area (Å²) in [7, 11) is -1.94. The van der Waals surface area contributed by atoms with Gasteiger partial charge in [-0.1, -0.05) is 0 Å². The molecule has 0 bridgehead atoms. The van der Waals surface area contributed by atoms with Gasteiger partial charge in [0, 0.05) is 19.4 Å². The molecule has 2 aromatic heterocycles. The average Bonchev–Trinajstić information content (AvgIpc) is 2.63. The minimum Gasteiger partial charge on any atom is -0.384 e. The Balaban J connectivity index is 2.28.